The second-order valence-corrected chi connectivity index (χ2v) is 8.16. The second-order valence-electron chi connectivity index (χ2n) is 8.16. The van der Waals surface area contributed by atoms with Gasteiger partial charge in [-0.1, -0.05) is 26.8 Å². The molecule has 0 N–H and O–H groups in total. The van der Waals surface area contributed by atoms with Crippen LogP contribution in [-0.2, 0) is 19.5 Å². The van der Waals surface area contributed by atoms with Gasteiger partial charge in [-0.2, -0.15) is 0 Å². The predicted octanol–water partition coefficient (Wildman–Crippen LogP) is 5.16. The summed E-state index contributed by atoms with van der Waals surface area (Å²) in [5.41, 5.74) is 4.79. The fraction of sp³-hybridized carbons (Fsp3) is 0.318. The molecule has 4 heteroatoms. The minimum absolute atomic E-state index is 0.0525. The number of aryl methyl sites for hydroxylation is 3. The summed E-state index contributed by atoms with van der Waals surface area (Å²) >= 11 is 0. The van der Waals surface area contributed by atoms with E-state index in [0.717, 1.165) is 33.3 Å². The Labute approximate surface area is 152 Å². The van der Waals surface area contributed by atoms with Crippen LogP contribution in [0.1, 0.15) is 31.9 Å². The minimum atomic E-state index is -0.281. The molecule has 2 aromatic heterocycles. The van der Waals surface area contributed by atoms with Crippen molar-refractivity contribution in [3.63, 3.8) is 0 Å². The van der Waals surface area contributed by atoms with E-state index in [1.54, 1.807) is 0 Å². The first kappa shape index (κ1) is 16.8. The summed E-state index contributed by atoms with van der Waals surface area (Å²) < 4.78 is 24.2. The molecule has 0 saturated carbocycles. The van der Waals surface area contributed by atoms with Gasteiger partial charge in [0, 0.05) is 16.8 Å². The Bertz CT molecular complexity index is 1140. The van der Waals surface area contributed by atoms with Crippen molar-refractivity contribution in [2.75, 3.05) is 0 Å². The van der Waals surface area contributed by atoms with Gasteiger partial charge in [-0.25, -0.2) is 13.5 Å². The van der Waals surface area contributed by atoms with Gasteiger partial charge < -0.3 is 4.42 Å². The zero-order valence-electron chi connectivity index (χ0n) is 16.1. The molecule has 0 spiro atoms. The zero-order valence-corrected chi connectivity index (χ0v) is 16.1. The van der Waals surface area contributed by atoms with Crippen LogP contribution in [0.25, 0.3) is 33.3 Å². The largest absolute Gasteiger partial charge is 0.455 e. The van der Waals surface area contributed by atoms with Crippen molar-refractivity contribution in [1.29, 1.82) is 0 Å². The third-order valence-electron chi connectivity index (χ3n) is 5.12. The molecular formula is C22H24FN2O+. The van der Waals surface area contributed by atoms with E-state index < -0.39 is 0 Å². The maximum absolute atomic E-state index is 13.8. The fourth-order valence-corrected chi connectivity index (χ4v) is 3.87. The number of halogens is 1. The highest BCUT2D eigenvalue weighted by Crippen LogP contribution is 2.42. The van der Waals surface area contributed by atoms with E-state index in [2.05, 4.69) is 42.9 Å². The molecule has 0 unspecified atom stereocenters. The van der Waals surface area contributed by atoms with Crippen LogP contribution in [0.5, 0.6) is 0 Å². The summed E-state index contributed by atoms with van der Waals surface area (Å²) in [6, 6.07) is 7.07. The van der Waals surface area contributed by atoms with Gasteiger partial charge in [0.2, 0.25) is 0 Å². The van der Waals surface area contributed by atoms with Gasteiger partial charge in [-0.3, -0.25) is 0 Å². The number of hydrogen-bond donors (Lipinski definition) is 0. The van der Waals surface area contributed by atoms with E-state index in [-0.39, 0.29) is 11.2 Å². The average molecular weight is 351 g/mol. The fourth-order valence-electron chi connectivity index (χ4n) is 3.87. The number of nitrogens with zero attached hydrogens (tertiary/aromatic N) is 2. The van der Waals surface area contributed by atoms with Crippen molar-refractivity contribution in [1.82, 2.24) is 4.57 Å². The number of imidazole rings is 1. The Kier molecular flexibility index (Phi) is 3.52. The van der Waals surface area contributed by atoms with Crippen LogP contribution in [0.3, 0.4) is 0 Å². The van der Waals surface area contributed by atoms with E-state index in [0.29, 0.717) is 5.58 Å². The van der Waals surface area contributed by atoms with E-state index in [9.17, 15) is 4.39 Å². The Morgan fingerprint density at radius 1 is 1.15 bits per heavy atom. The number of fused-ring (bicyclic) bond motifs is 3. The Morgan fingerprint density at radius 3 is 2.50 bits per heavy atom. The van der Waals surface area contributed by atoms with Gasteiger partial charge in [0.1, 0.15) is 29.4 Å². The van der Waals surface area contributed by atoms with E-state index >= 15 is 0 Å². The topological polar surface area (TPSA) is 21.9 Å². The molecule has 4 rings (SSSR count). The molecule has 0 aliphatic carbocycles. The van der Waals surface area contributed by atoms with Crippen LogP contribution in [0, 0.1) is 12.7 Å². The summed E-state index contributed by atoms with van der Waals surface area (Å²) in [5, 5.41) is 2.04. The van der Waals surface area contributed by atoms with Crippen molar-refractivity contribution in [2.45, 2.75) is 33.1 Å². The molecule has 0 amide bonds. The lowest BCUT2D eigenvalue weighted by atomic mass is 9.82. The molecule has 134 valence electrons. The quantitative estimate of drug-likeness (QED) is 0.434. The van der Waals surface area contributed by atoms with Crippen LogP contribution in [0.15, 0.2) is 41.1 Å². The minimum Gasteiger partial charge on any atom is -0.455 e. The molecule has 26 heavy (non-hydrogen) atoms. The molecular weight excluding hydrogens is 327 g/mol. The van der Waals surface area contributed by atoms with Crippen LogP contribution in [0.4, 0.5) is 4.39 Å². The van der Waals surface area contributed by atoms with Gasteiger partial charge in [0.05, 0.1) is 14.1 Å². The van der Waals surface area contributed by atoms with E-state index in [1.807, 2.05) is 32.6 Å². The summed E-state index contributed by atoms with van der Waals surface area (Å²) in [6.07, 6.45) is 4.06. The predicted molar refractivity (Wildman–Crippen MR) is 103 cm³/mol. The first-order valence-corrected chi connectivity index (χ1v) is 8.85. The zero-order chi connectivity index (χ0) is 18.8. The number of hydrogen-bond acceptors (Lipinski definition) is 1. The lowest BCUT2D eigenvalue weighted by molar-refractivity contribution is -0.659. The maximum Gasteiger partial charge on any atom is 0.292 e. The first-order valence-electron chi connectivity index (χ1n) is 8.85. The number of furan rings is 1. The molecule has 0 aliphatic heterocycles. The van der Waals surface area contributed by atoms with E-state index in [4.69, 9.17) is 4.42 Å². The standard InChI is InChI=1S/C22H24FN2O/c1-13-11-16(22(2,3)4)19-15-8-7-14(23)12-17(15)26-20(19)18(13)21-24(5)9-10-25(21)6/h7-12H,1-6H3/q+1. The summed E-state index contributed by atoms with van der Waals surface area (Å²) in [6.45, 7) is 8.72. The molecule has 0 aliphatic rings. The van der Waals surface area contributed by atoms with Gasteiger partial charge >= 0.3 is 0 Å². The smallest absolute Gasteiger partial charge is 0.292 e. The van der Waals surface area contributed by atoms with Gasteiger partial charge in [0.15, 0.2) is 5.58 Å². The normalized spacial score (nSPS) is 12.4. The van der Waals surface area contributed by atoms with Crippen molar-refractivity contribution in [3.05, 3.63) is 53.6 Å². The van der Waals surface area contributed by atoms with E-state index in [1.165, 1.54) is 17.7 Å². The second kappa shape index (κ2) is 5.44. The summed E-state index contributed by atoms with van der Waals surface area (Å²) in [4.78, 5) is 0. The van der Waals surface area contributed by atoms with Crippen molar-refractivity contribution in [3.8, 4) is 11.4 Å². The van der Waals surface area contributed by atoms with Gasteiger partial charge in [-0.05, 0) is 35.6 Å². The molecule has 3 nitrogen and oxygen atoms in total. The van der Waals surface area contributed by atoms with Crippen LogP contribution >= 0.6 is 0 Å². The number of aromatic nitrogens is 2. The Hall–Kier alpha value is -2.62. The highest BCUT2D eigenvalue weighted by Gasteiger charge is 2.29. The Balaban J connectivity index is 2.25. The van der Waals surface area contributed by atoms with Crippen molar-refractivity contribution in [2.24, 2.45) is 14.1 Å². The summed E-state index contributed by atoms with van der Waals surface area (Å²) in [7, 11) is 4.06. The van der Waals surface area contributed by atoms with Crippen molar-refractivity contribution < 1.29 is 13.4 Å². The van der Waals surface area contributed by atoms with Gasteiger partial charge in [0.25, 0.3) is 5.82 Å². The third-order valence-corrected chi connectivity index (χ3v) is 5.12. The molecule has 2 aromatic carbocycles. The number of benzene rings is 2. The SMILES string of the molecule is Cc1cc(C(C)(C)C)c2c(oc3cc(F)ccc32)c1-c1n(C)cc[n+]1C. The van der Waals surface area contributed by atoms with Crippen LogP contribution < -0.4 is 4.57 Å². The average Bonchev–Trinajstić information content (AvgIpc) is 3.06. The van der Waals surface area contributed by atoms with Crippen LogP contribution in [-0.4, -0.2) is 4.57 Å². The Morgan fingerprint density at radius 2 is 1.88 bits per heavy atom. The van der Waals surface area contributed by atoms with Gasteiger partial charge in [-0.15, -0.1) is 0 Å². The molecule has 4 aromatic rings. The highest BCUT2D eigenvalue weighted by molar-refractivity contribution is 6.11. The lowest BCUT2D eigenvalue weighted by Crippen LogP contribution is -2.29. The molecule has 2 heterocycles. The molecule has 0 fully saturated rings. The molecule has 0 radical (unpaired) electrons. The lowest BCUT2D eigenvalue weighted by Gasteiger charge is -2.22. The first-order chi connectivity index (χ1) is 12.2. The molecule has 0 atom stereocenters. The highest BCUT2D eigenvalue weighted by atomic mass is 19.1. The van der Waals surface area contributed by atoms with Crippen LogP contribution in [0.2, 0.25) is 0 Å². The molecule has 0 saturated heterocycles. The number of rotatable bonds is 1. The summed E-state index contributed by atoms with van der Waals surface area (Å²) in [5.74, 6) is 0.782. The van der Waals surface area contributed by atoms with Crippen molar-refractivity contribution >= 4 is 21.9 Å². The monoisotopic (exact) mass is 351 g/mol. The molecule has 0 bridgehead atoms. The third kappa shape index (κ3) is 2.36. The maximum atomic E-state index is 13.8.